The summed E-state index contributed by atoms with van der Waals surface area (Å²) in [6.45, 7) is 0.435. The molecule has 0 aromatic rings. The summed E-state index contributed by atoms with van der Waals surface area (Å²) in [7, 11) is 1.46. The summed E-state index contributed by atoms with van der Waals surface area (Å²) in [6.07, 6.45) is 1.32. The van der Waals surface area contributed by atoms with E-state index in [9.17, 15) is 4.79 Å². The first-order valence-corrected chi connectivity index (χ1v) is 3.72. The van der Waals surface area contributed by atoms with E-state index in [-0.39, 0.29) is 12.6 Å². The third kappa shape index (κ3) is 1.73. The number of nitrogens with zero attached hydrogens (tertiary/aromatic N) is 2. The van der Waals surface area contributed by atoms with E-state index in [0.29, 0.717) is 13.0 Å². The van der Waals surface area contributed by atoms with Gasteiger partial charge in [0.2, 0.25) is 6.41 Å². The maximum atomic E-state index is 10.4. The standard InChI is InChI=1S/C7H12N2O3/c1-12-8-6-2-7(4-10)9(3-6)5-11/h5,7,10H,2-4H2,1H3. The minimum atomic E-state index is -0.128. The predicted molar refractivity (Wildman–Crippen MR) is 42.7 cm³/mol. The van der Waals surface area contributed by atoms with Gasteiger partial charge in [0, 0.05) is 6.42 Å². The Morgan fingerprint density at radius 2 is 2.67 bits per heavy atom. The Balaban J connectivity index is 2.58. The lowest BCUT2D eigenvalue weighted by Gasteiger charge is -2.15. The third-order valence-electron chi connectivity index (χ3n) is 1.87. The van der Waals surface area contributed by atoms with Crippen molar-refractivity contribution in [3.05, 3.63) is 0 Å². The number of aliphatic hydroxyl groups is 1. The minimum Gasteiger partial charge on any atom is -0.399 e. The van der Waals surface area contributed by atoms with E-state index < -0.39 is 0 Å². The van der Waals surface area contributed by atoms with E-state index in [4.69, 9.17) is 5.11 Å². The second kappa shape index (κ2) is 4.06. The largest absolute Gasteiger partial charge is 0.399 e. The van der Waals surface area contributed by atoms with Crippen LogP contribution in [0.4, 0.5) is 0 Å². The zero-order valence-corrected chi connectivity index (χ0v) is 6.93. The second-order valence-electron chi connectivity index (χ2n) is 2.66. The summed E-state index contributed by atoms with van der Waals surface area (Å²) < 4.78 is 0. The average Bonchev–Trinajstić information content (AvgIpc) is 2.48. The number of oxime groups is 1. The fourth-order valence-electron chi connectivity index (χ4n) is 1.28. The summed E-state index contributed by atoms with van der Waals surface area (Å²) in [4.78, 5) is 16.5. The highest BCUT2D eigenvalue weighted by atomic mass is 16.6. The SMILES string of the molecule is CON=C1CC(CO)N(C=O)C1. The van der Waals surface area contributed by atoms with E-state index in [1.54, 1.807) is 0 Å². The van der Waals surface area contributed by atoms with Gasteiger partial charge in [0.1, 0.15) is 7.11 Å². The molecule has 5 nitrogen and oxygen atoms in total. The van der Waals surface area contributed by atoms with Crippen LogP contribution >= 0.6 is 0 Å². The first-order chi connectivity index (χ1) is 5.81. The summed E-state index contributed by atoms with van der Waals surface area (Å²) in [5.74, 6) is 0. The number of rotatable bonds is 3. The highest BCUT2D eigenvalue weighted by molar-refractivity contribution is 5.90. The van der Waals surface area contributed by atoms with E-state index >= 15 is 0 Å². The van der Waals surface area contributed by atoms with Crippen LogP contribution in [0.2, 0.25) is 0 Å². The number of amides is 1. The molecular formula is C7H12N2O3. The van der Waals surface area contributed by atoms with Crippen LogP contribution in [0.25, 0.3) is 0 Å². The maximum absolute atomic E-state index is 10.4. The molecule has 1 N–H and O–H groups in total. The van der Waals surface area contributed by atoms with Crippen LogP contribution in [-0.2, 0) is 9.63 Å². The zero-order valence-electron chi connectivity index (χ0n) is 6.93. The van der Waals surface area contributed by atoms with Crippen molar-refractivity contribution in [2.75, 3.05) is 20.3 Å². The topological polar surface area (TPSA) is 62.1 Å². The van der Waals surface area contributed by atoms with Crippen LogP contribution < -0.4 is 0 Å². The fraction of sp³-hybridized carbons (Fsp3) is 0.714. The predicted octanol–water partition coefficient (Wildman–Crippen LogP) is -0.788. The van der Waals surface area contributed by atoms with Crippen molar-refractivity contribution < 1.29 is 14.7 Å². The van der Waals surface area contributed by atoms with Crippen LogP contribution in [0.15, 0.2) is 5.16 Å². The molecule has 0 spiro atoms. The Morgan fingerprint density at radius 1 is 1.92 bits per heavy atom. The summed E-state index contributed by atoms with van der Waals surface area (Å²) in [5.41, 5.74) is 0.795. The Kier molecular flexibility index (Phi) is 3.04. The molecule has 68 valence electrons. The van der Waals surface area contributed by atoms with Gasteiger partial charge < -0.3 is 14.8 Å². The lowest BCUT2D eigenvalue weighted by atomic mass is 10.2. The Labute approximate surface area is 70.6 Å². The molecule has 5 heteroatoms. The van der Waals surface area contributed by atoms with Crippen molar-refractivity contribution >= 4 is 12.1 Å². The van der Waals surface area contributed by atoms with Crippen molar-refractivity contribution in [3.63, 3.8) is 0 Å². The molecule has 12 heavy (non-hydrogen) atoms. The first-order valence-electron chi connectivity index (χ1n) is 3.72. The van der Waals surface area contributed by atoms with Crippen LogP contribution in [0.5, 0.6) is 0 Å². The lowest BCUT2D eigenvalue weighted by molar-refractivity contribution is -0.119. The third-order valence-corrected chi connectivity index (χ3v) is 1.87. The van der Waals surface area contributed by atoms with E-state index in [0.717, 1.165) is 12.1 Å². The summed E-state index contributed by atoms with van der Waals surface area (Å²) in [6, 6.07) is -0.128. The van der Waals surface area contributed by atoms with E-state index in [2.05, 4.69) is 9.99 Å². The van der Waals surface area contributed by atoms with Crippen molar-refractivity contribution in [3.8, 4) is 0 Å². The molecule has 1 aliphatic heterocycles. The van der Waals surface area contributed by atoms with E-state index in [1.807, 2.05) is 0 Å². The van der Waals surface area contributed by atoms with Gasteiger partial charge in [-0.1, -0.05) is 5.16 Å². The van der Waals surface area contributed by atoms with Gasteiger partial charge in [0.05, 0.1) is 24.9 Å². The summed E-state index contributed by atoms with van der Waals surface area (Å²) >= 11 is 0. The van der Waals surface area contributed by atoms with Crippen molar-refractivity contribution in [1.82, 2.24) is 4.90 Å². The number of carbonyl (C=O) groups excluding carboxylic acids is 1. The molecule has 0 aromatic carbocycles. The maximum Gasteiger partial charge on any atom is 0.210 e. The van der Waals surface area contributed by atoms with Crippen LogP contribution in [-0.4, -0.2) is 48.4 Å². The molecule has 1 unspecified atom stereocenters. The van der Waals surface area contributed by atoms with Gasteiger partial charge in [-0.3, -0.25) is 4.79 Å². The fourth-order valence-corrected chi connectivity index (χ4v) is 1.28. The van der Waals surface area contributed by atoms with Crippen molar-refractivity contribution in [2.45, 2.75) is 12.5 Å². The number of likely N-dealkylation sites (tertiary alicyclic amines) is 1. The quantitative estimate of drug-likeness (QED) is 0.448. The minimum absolute atomic E-state index is 0.0263. The highest BCUT2D eigenvalue weighted by Gasteiger charge is 2.27. The molecule has 0 radical (unpaired) electrons. The van der Waals surface area contributed by atoms with Gasteiger partial charge in [-0.15, -0.1) is 0 Å². The smallest absolute Gasteiger partial charge is 0.210 e. The zero-order chi connectivity index (χ0) is 8.97. The monoisotopic (exact) mass is 172 g/mol. The van der Waals surface area contributed by atoms with Crippen LogP contribution in [0.3, 0.4) is 0 Å². The number of hydrogen-bond donors (Lipinski definition) is 1. The van der Waals surface area contributed by atoms with E-state index in [1.165, 1.54) is 12.0 Å². The molecule has 1 heterocycles. The Hall–Kier alpha value is -1.10. The molecular weight excluding hydrogens is 160 g/mol. The molecule has 1 atom stereocenters. The van der Waals surface area contributed by atoms with Gasteiger partial charge in [-0.25, -0.2) is 0 Å². The Bertz CT molecular complexity index is 193. The Morgan fingerprint density at radius 3 is 3.08 bits per heavy atom. The highest BCUT2D eigenvalue weighted by Crippen LogP contribution is 2.12. The lowest BCUT2D eigenvalue weighted by Crippen LogP contribution is -2.30. The van der Waals surface area contributed by atoms with Crippen LogP contribution in [0, 0.1) is 0 Å². The molecule has 0 aromatic heterocycles. The molecule has 1 rings (SSSR count). The summed E-state index contributed by atoms with van der Waals surface area (Å²) in [5, 5.41) is 12.6. The van der Waals surface area contributed by atoms with Gasteiger partial charge in [0.25, 0.3) is 0 Å². The first kappa shape index (κ1) is 8.99. The van der Waals surface area contributed by atoms with Gasteiger partial charge in [0.15, 0.2) is 0 Å². The van der Waals surface area contributed by atoms with Crippen LogP contribution in [0.1, 0.15) is 6.42 Å². The molecule has 0 aliphatic carbocycles. The molecule has 1 aliphatic rings. The average molecular weight is 172 g/mol. The number of hydrogen-bond acceptors (Lipinski definition) is 4. The molecule has 0 saturated carbocycles. The van der Waals surface area contributed by atoms with Gasteiger partial charge in [-0.05, 0) is 0 Å². The molecule has 1 fully saturated rings. The van der Waals surface area contributed by atoms with Crippen molar-refractivity contribution in [2.24, 2.45) is 5.16 Å². The van der Waals surface area contributed by atoms with Gasteiger partial charge >= 0.3 is 0 Å². The number of carbonyl (C=O) groups is 1. The molecule has 1 amide bonds. The normalized spacial score (nSPS) is 26.3. The van der Waals surface area contributed by atoms with Gasteiger partial charge in [-0.2, -0.15) is 0 Å². The van der Waals surface area contributed by atoms with Crippen molar-refractivity contribution in [1.29, 1.82) is 0 Å². The number of aliphatic hydroxyl groups excluding tert-OH is 1. The second-order valence-corrected chi connectivity index (χ2v) is 2.66. The molecule has 0 bridgehead atoms. The molecule has 1 saturated heterocycles.